The Labute approximate surface area is 202 Å². The van der Waals surface area contributed by atoms with Crippen LogP contribution in [0.3, 0.4) is 0 Å². The quantitative estimate of drug-likeness (QED) is 0.266. The van der Waals surface area contributed by atoms with Crippen molar-refractivity contribution in [2.75, 3.05) is 27.2 Å². The smallest absolute Gasteiger partial charge is 0.391 e. The topological polar surface area (TPSA) is 82.4 Å². The highest BCUT2D eigenvalue weighted by Gasteiger charge is 2.14. The second-order valence-corrected chi connectivity index (χ2v) is 8.88. The number of nitrogens with zero attached hydrogens (tertiary/aromatic N) is 1. The summed E-state index contributed by atoms with van der Waals surface area (Å²) >= 11 is 0. The lowest BCUT2D eigenvalue weighted by Gasteiger charge is -2.18. The van der Waals surface area contributed by atoms with E-state index in [4.69, 9.17) is 19.0 Å². The van der Waals surface area contributed by atoms with E-state index in [2.05, 4.69) is 19.1 Å². The first-order valence-electron chi connectivity index (χ1n) is 11.2. The zero-order valence-corrected chi connectivity index (χ0v) is 20.7. The second kappa shape index (κ2) is 12.7. The fourth-order valence-corrected chi connectivity index (χ4v) is 4.15. The van der Waals surface area contributed by atoms with E-state index in [0.717, 1.165) is 28.7 Å². The van der Waals surface area contributed by atoms with Crippen LogP contribution < -0.4 is 9.26 Å². The highest BCUT2D eigenvalue weighted by atomic mass is 31.2. The lowest BCUT2D eigenvalue weighted by atomic mass is 9.88. The van der Waals surface area contributed by atoms with Crippen LogP contribution in [0, 0.1) is 0 Å². The van der Waals surface area contributed by atoms with Gasteiger partial charge < -0.3 is 29.1 Å². The number of hydrogen-bond acceptors (Lipinski definition) is 6. The zero-order chi connectivity index (χ0) is 24.5. The molecule has 1 atom stereocenters. The molecule has 0 heterocycles. The minimum Gasteiger partial charge on any atom is -0.491 e. The third-order valence-electron chi connectivity index (χ3n) is 5.27. The van der Waals surface area contributed by atoms with E-state index in [1.54, 1.807) is 12.1 Å². The molecule has 0 saturated carbocycles. The van der Waals surface area contributed by atoms with Gasteiger partial charge >= 0.3 is 8.60 Å². The minimum atomic E-state index is -2.46. The summed E-state index contributed by atoms with van der Waals surface area (Å²) in [6, 6.07) is 25.4. The van der Waals surface area contributed by atoms with Gasteiger partial charge in [-0.3, -0.25) is 0 Å². The molecule has 3 rings (SSSR count). The Bertz CT molecular complexity index is 1050. The summed E-state index contributed by atoms with van der Waals surface area (Å²) in [4.78, 5) is 20.2. The first kappa shape index (κ1) is 25.9. The Morgan fingerprint density at radius 1 is 0.824 bits per heavy atom. The standard InChI is InChI=1S/C27H32NO5P/c1-4-26(20-8-6-5-7-9-20)27(22-12-16-25(17-13-22)33-34(30)31)21-10-14-24(15-11-21)32-19-23(29)18-28(2)3/h5-17,23,29-31H,4,18-19H2,1-3H3/b27-26+. The maximum Gasteiger partial charge on any atom is 0.391 e. The number of aliphatic hydroxyl groups excluding tert-OH is 1. The Morgan fingerprint density at radius 2 is 1.38 bits per heavy atom. The van der Waals surface area contributed by atoms with Gasteiger partial charge in [-0.25, -0.2) is 0 Å². The van der Waals surface area contributed by atoms with E-state index in [1.165, 1.54) is 5.57 Å². The van der Waals surface area contributed by atoms with Crippen LogP contribution in [0.4, 0.5) is 0 Å². The van der Waals surface area contributed by atoms with Crippen LogP contribution in [0.1, 0.15) is 30.0 Å². The third-order valence-corrected chi connectivity index (χ3v) is 5.64. The monoisotopic (exact) mass is 481 g/mol. The Morgan fingerprint density at radius 3 is 1.88 bits per heavy atom. The van der Waals surface area contributed by atoms with Gasteiger partial charge in [0.2, 0.25) is 0 Å². The number of rotatable bonds is 11. The van der Waals surface area contributed by atoms with Crippen LogP contribution in [0.2, 0.25) is 0 Å². The number of hydrogen-bond donors (Lipinski definition) is 3. The van der Waals surface area contributed by atoms with Gasteiger partial charge in [-0.05, 0) is 72.6 Å². The highest BCUT2D eigenvalue weighted by molar-refractivity contribution is 7.39. The molecule has 0 aromatic heterocycles. The number of likely N-dealkylation sites (N-methyl/N-ethyl adjacent to an activating group) is 1. The van der Waals surface area contributed by atoms with Gasteiger partial charge in [-0.1, -0.05) is 61.5 Å². The molecule has 0 spiro atoms. The first-order chi connectivity index (χ1) is 16.4. The molecule has 1 unspecified atom stereocenters. The molecule has 0 radical (unpaired) electrons. The molecule has 6 nitrogen and oxygen atoms in total. The molecule has 7 heteroatoms. The van der Waals surface area contributed by atoms with Gasteiger partial charge in [0.1, 0.15) is 24.2 Å². The van der Waals surface area contributed by atoms with Crippen LogP contribution in [-0.2, 0) is 0 Å². The fraction of sp³-hybridized carbons (Fsp3) is 0.259. The molecule has 0 saturated heterocycles. The van der Waals surface area contributed by atoms with Crippen molar-refractivity contribution in [1.29, 1.82) is 0 Å². The van der Waals surface area contributed by atoms with Crippen molar-refractivity contribution in [3.05, 3.63) is 95.6 Å². The molecule has 3 aromatic rings. The number of benzene rings is 3. The fourth-order valence-electron chi connectivity index (χ4n) is 3.84. The van der Waals surface area contributed by atoms with Crippen molar-refractivity contribution in [3.63, 3.8) is 0 Å². The highest BCUT2D eigenvalue weighted by Crippen LogP contribution is 2.36. The summed E-state index contributed by atoms with van der Waals surface area (Å²) in [5.41, 5.74) is 5.43. The summed E-state index contributed by atoms with van der Waals surface area (Å²) in [5.74, 6) is 1.10. The lowest BCUT2D eigenvalue weighted by Crippen LogP contribution is -2.30. The van der Waals surface area contributed by atoms with Crippen molar-refractivity contribution in [2.45, 2.75) is 19.4 Å². The molecule has 0 fully saturated rings. The molecular formula is C27H32NO5P. The summed E-state index contributed by atoms with van der Waals surface area (Å²) in [5, 5.41) is 10.1. The Kier molecular flexibility index (Phi) is 9.63. The molecule has 3 N–H and O–H groups in total. The van der Waals surface area contributed by atoms with E-state index in [-0.39, 0.29) is 6.61 Å². The maximum absolute atomic E-state index is 10.1. The van der Waals surface area contributed by atoms with Gasteiger partial charge in [0.15, 0.2) is 0 Å². The van der Waals surface area contributed by atoms with Crippen LogP contribution in [0.5, 0.6) is 11.5 Å². The van der Waals surface area contributed by atoms with Gasteiger partial charge in [-0.15, -0.1) is 0 Å². The van der Waals surface area contributed by atoms with Gasteiger partial charge in [0.05, 0.1) is 0 Å². The van der Waals surface area contributed by atoms with E-state index in [9.17, 15) is 5.11 Å². The molecule has 0 aliphatic carbocycles. The number of aliphatic hydroxyl groups is 1. The molecule has 180 valence electrons. The number of allylic oxidation sites excluding steroid dienone is 1. The second-order valence-electron chi connectivity index (χ2n) is 8.19. The molecule has 0 aliphatic rings. The largest absolute Gasteiger partial charge is 0.491 e. The van der Waals surface area contributed by atoms with Crippen LogP contribution in [0.25, 0.3) is 11.1 Å². The zero-order valence-electron chi connectivity index (χ0n) is 19.8. The number of ether oxygens (including phenoxy) is 1. The van der Waals surface area contributed by atoms with Crippen molar-refractivity contribution in [2.24, 2.45) is 0 Å². The van der Waals surface area contributed by atoms with Gasteiger partial charge in [0.25, 0.3) is 0 Å². The van der Waals surface area contributed by atoms with Crippen LogP contribution in [0.15, 0.2) is 78.9 Å². The lowest BCUT2D eigenvalue weighted by molar-refractivity contribution is 0.0831. The van der Waals surface area contributed by atoms with Crippen molar-refractivity contribution in [1.82, 2.24) is 4.90 Å². The molecule has 0 aliphatic heterocycles. The van der Waals surface area contributed by atoms with Crippen LogP contribution in [-0.4, -0.2) is 53.1 Å². The van der Waals surface area contributed by atoms with E-state index in [0.29, 0.717) is 18.0 Å². The predicted molar refractivity (Wildman–Crippen MR) is 138 cm³/mol. The van der Waals surface area contributed by atoms with Crippen molar-refractivity contribution >= 4 is 19.7 Å². The normalized spacial score (nSPS) is 13.1. The van der Waals surface area contributed by atoms with Crippen molar-refractivity contribution < 1.29 is 24.2 Å². The Balaban J connectivity index is 1.95. The molecule has 0 bridgehead atoms. The Hall–Kier alpha value is -2.73. The molecule has 3 aromatic carbocycles. The van der Waals surface area contributed by atoms with E-state index >= 15 is 0 Å². The van der Waals surface area contributed by atoms with Crippen molar-refractivity contribution in [3.8, 4) is 11.5 Å². The molecule has 0 amide bonds. The van der Waals surface area contributed by atoms with E-state index < -0.39 is 14.7 Å². The van der Waals surface area contributed by atoms with Gasteiger partial charge in [0, 0.05) is 6.54 Å². The third kappa shape index (κ3) is 7.39. The van der Waals surface area contributed by atoms with Crippen LogP contribution >= 0.6 is 8.60 Å². The average molecular weight is 482 g/mol. The summed E-state index contributed by atoms with van der Waals surface area (Å²) in [7, 11) is 1.36. The SMILES string of the molecule is CC/C(=C(/c1ccc(OCC(O)CN(C)C)cc1)c1ccc(OP(O)O)cc1)c1ccccc1. The van der Waals surface area contributed by atoms with Gasteiger partial charge in [-0.2, -0.15) is 0 Å². The maximum atomic E-state index is 10.1. The summed E-state index contributed by atoms with van der Waals surface area (Å²) in [6.45, 7) is 2.90. The molecular weight excluding hydrogens is 449 g/mol. The van der Waals surface area contributed by atoms with E-state index in [1.807, 2.05) is 73.6 Å². The molecule has 34 heavy (non-hydrogen) atoms. The predicted octanol–water partition coefficient (Wildman–Crippen LogP) is 4.95. The summed E-state index contributed by atoms with van der Waals surface area (Å²) < 4.78 is 10.8. The minimum absolute atomic E-state index is 0.226. The first-order valence-corrected chi connectivity index (χ1v) is 12.3. The average Bonchev–Trinajstić information content (AvgIpc) is 2.82. The summed E-state index contributed by atoms with van der Waals surface area (Å²) in [6.07, 6.45) is 0.264.